The molecule has 0 unspecified atom stereocenters. The first-order valence-electron chi connectivity index (χ1n) is 4.09. The molecule has 0 aromatic heterocycles. The molecule has 0 saturated carbocycles. The Morgan fingerprint density at radius 2 is 1.93 bits per heavy atom. The lowest BCUT2D eigenvalue weighted by Crippen LogP contribution is -2.42. The van der Waals surface area contributed by atoms with Crippen LogP contribution in [-0.2, 0) is 9.59 Å². The molecule has 1 aliphatic carbocycles. The minimum absolute atomic E-state index is 0.0445. The Kier molecular flexibility index (Phi) is 3.01. The van der Waals surface area contributed by atoms with Gasteiger partial charge in [-0.05, 0) is 6.42 Å². The van der Waals surface area contributed by atoms with Crippen LogP contribution in [0.2, 0.25) is 0 Å². The predicted octanol–water partition coefficient (Wildman–Crippen LogP) is 0.694. The van der Waals surface area contributed by atoms with Crippen molar-refractivity contribution in [1.29, 1.82) is 0 Å². The number of rotatable bonds is 2. The number of aliphatic carboxylic acids is 1. The molecule has 0 heterocycles. The van der Waals surface area contributed by atoms with Crippen LogP contribution in [-0.4, -0.2) is 29.2 Å². The number of halogens is 3. The molecule has 2 N–H and O–H groups in total. The molecule has 0 fully saturated rings. The van der Waals surface area contributed by atoms with Crippen molar-refractivity contribution in [2.24, 2.45) is 5.92 Å². The van der Waals surface area contributed by atoms with E-state index in [4.69, 9.17) is 5.11 Å². The smallest absolute Gasteiger partial charge is 0.471 e. The van der Waals surface area contributed by atoms with Gasteiger partial charge in [-0.1, -0.05) is 12.2 Å². The van der Waals surface area contributed by atoms with Crippen LogP contribution in [0.5, 0.6) is 0 Å². The number of amides is 1. The molecular weight excluding hydrogens is 215 g/mol. The number of carbonyl (C=O) groups excluding carboxylic acids is 1. The molecule has 0 bridgehead atoms. The quantitative estimate of drug-likeness (QED) is 0.677. The van der Waals surface area contributed by atoms with Crippen molar-refractivity contribution in [3.05, 3.63) is 12.2 Å². The maximum absolute atomic E-state index is 11.8. The van der Waals surface area contributed by atoms with Gasteiger partial charge in [-0.15, -0.1) is 0 Å². The Morgan fingerprint density at radius 3 is 2.33 bits per heavy atom. The third-order valence-electron chi connectivity index (χ3n) is 1.97. The summed E-state index contributed by atoms with van der Waals surface area (Å²) >= 11 is 0. The fourth-order valence-electron chi connectivity index (χ4n) is 1.24. The molecule has 0 spiro atoms. The van der Waals surface area contributed by atoms with Gasteiger partial charge in [0.1, 0.15) is 0 Å². The van der Waals surface area contributed by atoms with Crippen LogP contribution in [0.3, 0.4) is 0 Å². The van der Waals surface area contributed by atoms with Crippen molar-refractivity contribution >= 4 is 11.9 Å². The monoisotopic (exact) mass is 223 g/mol. The molecule has 0 radical (unpaired) electrons. The Balaban J connectivity index is 2.48. The normalized spacial score (nSPS) is 25.3. The summed E-state index contributed by atoms with van der Waals surface area (Å²) in [5.74, 6) is -4.00. The Labute approximate surface area is 82.8 Å². The molecule has 2 atom stereocenters. The summed E-state index contributed by atoms with van der Waals surface area (Å²) in [6.45, 7) is 0. The Bertz CT molecular complexity index is 311. The molecule has 0 saturated heterocycles. The highest BCUT2D eigenvalue weighted by atomic mass is 19.4. The van der Waals surface area contributed by atoms with Crippen LogP contribution >= 0.6 is 0 Å². The van der Waals surface area contributed by atoms with Crippen LogP contribution in [0, 0.1) is 5.92 Å². The van der Waals surface area contributed by atoms with E-state index in [2.05, 4.69) is 0 Å². The van der Waals surface area contributed by atoms with Gasteiger partial charge >= 0.3 is 18.1 Å². The molecule has 0 aliphatic heterocycles. The van der Waals surface area contributed by atoms with Crippen LogP contribution in [0.4, 0.5) is 13.2 Å². The lowest BCUT2D eigenvalue weighted by Gasteiger charge is -2.13. The van der Waals surface area contributed by atoms with Gasteiger partial charge in [0.25, 0.3) is 0 Å². The summed E-state index contributed by atoms with van der Waals surface area (Å²) in [4.78, 5) is 20.9. The van der Waals surface area contributed by atoms with E-state index < -0.39 is 30.0 Å². The van der Waals surface area contributed by atoms with Crippen molar-refractivity contribution in [2.45, 2.75) is 18.6 Å². The van der Waals surface area contributed by atoms with Gasteiger partial charge < -0.3 is 10.4 Å². The zero-order valence-corrected chi connectivity index (χ0v) is 7.41. The lowest BCUT2D eigenvalue weighted by atomic mass is 10.1. The van der Waals surface area contributed by atoms with E-state index >= 15 is 0 Å². The second-order valence-electron chi connectivity index (χ2n) is 3.14. The van der Waals surface area contributed by atoms with E-state index in [0.29, 0.717) is 0 Å². The van der Waals surface area contributed by atoms with Gasteiger partial charge in [-0.25, -0.2) is 0 Å². The standard InChI is InChI=1S/C8H8F3NO3/c9-8(10,11)7(15)12-5-2-1-4(3-5)6(13)14/h1-2,4-5H,3H2,(H,12,15)(H,13,14)/t4-,5+/m0/s1. The summed E-state index contributed by atoms with van der Waals surface area (Å²) in [6.07, 6.45) is -2.46. The van der Waals surface area contributed by atoms with Crippen LogP contribution < -0.4 is 5.32 Å². The first kappa shape index (κ1) is 11.5. The summed E-state index contributed by atoms with van der Waals surface area (Å²) in [6, 6.07) is -0.861. The second-order valence-corrected chi connectivity index (χ2v) is 3.14. The molecule has 4 nitrogen and oxygen atoms in total. The van der Waals surface area contributed by atoms with E-state index in [-0.39, 0.29) is 6.42 Å². The van der Waals surface area contributed by atoms with Crippen LogP contribution in [0.1, 0.15) is 6.42 Å². The van der Waals surface area contributed by atoms with Gasteiger partial charge in [-0.2, -0.15) is 13.2 Å². The van der Waals surface area contributed by atoms with E-state index in [0.717, 1.165) is 0 Å². The molecule has 1 rings (SSSR count). The Morgan fingerprint density at radius 1 is 1.33 bits per heavy atom. The maximum Gasteiger partial charge on any atom is 0.471 e. The summed E-state index contributed by atoms with van der Waals surface area (Å²) in [5, 5.41) is 10.2. The molecule has 15 heavy (non-hydrogen) atoms. The van der Waals surface area contributed by atoms with E-state index in [1.54, 1.807) is 5.32 Å². The molecule has 1 amide bonds. The molecule has 7 heteroatoms. The van der Waals surface area contributed by atoms with Gasteiger partial charge in [0.2, 0.25) is 0 Å². The summed E-state index contributed by atoms with van der Waals surface area (Å²) < 4.78 is 35.4. The summed E-state index contributed by atoms with van der Waals surface area (Å²) in [7, 11) is 0. The maximum atomic E-state index is 11.8. The first-order chi connectivity index (χ1) is 6.80. The van der Waals surface area contributed by atoms with Crippen molar-refractivity contribution in [3.63, 3.8) is 0 Å². The molecule has 1 aliphatic rings. The van der Waals surface area contributed by atoms with Gasteiger partial charge in [0.05, 0.1) is 5.92 Å². The third kappa shape index (κ3) is 2.97. The number of nitrogens with one attached hydrogen (secondary N) is 1. The fraction of sp³-hybridized carbons (Fsp3) is 0.500. The average Bonchev–Trinajstić information content (AvgIpc) is 2.50. The number of carbonyl (C=O) groups is 2. The topological polar surface area (TPSA) is 66.4 Å². The number of carboxylic acids is 1. The minimum Gasteiger partial charge on any atom is -0.481 e. The minimum atomic E-state index is -4.94. The summed E-state index contributed by atoms with van der Waals surface area (Å²) in [5.41, 5.74) is 0. The van der Waals surface area contributed by atoms with E-state index in [1.807, 2.05) is 0 Å². The lowest BCUT2D eigenvalue weighted by molar-refractivity contribution is -0.174. The van der Waals surface area contributed by atoms with Crippen LogP contribution in [0.15, 0.2) is 12.2 Å². The number of hydrogen-bond acceptors (Lipinski definition) is 2. The number of hydrogen-bond donors (Lipinski definition) is 2. The first-order valence-corrected chi connectivity index (χ1v) is 4.09. The zero-order chi connectivity index (χ0) is 11.6. The van der Waals surface area contributed by atoms with E-state index in [1.165, 1.54) is 12.2 Å². The highest BCUT2D eigenvalue weighted by molar-refractivity contribution is 5.82. The number of alkyl halides is 3. The van der Waals surface area contributed by atoms with Crippen molar-refractivity contribution in [1.82, 2.24) is 5.32 Å². The molecule has 0 aromatic carbocycles. The predicted molar refractivity (Wildman–Crippen MR) is 42.9 cm³/mol. The van der Waals surface area contributed by atoms with Crippen molar-refractivity contribution in [2.75, 3.05) is 0 Å². The van der Waals surface area contributed by atoms with Crippen LogP contribution in [0.25, 0.3) is 0 Å². The SMILES string of the molecule is O=C(O)[C@H]1C=C[C@@H](NC(=O)C(F)(F)F)C1. The van der Waals surface area contributed by atoms with Gasteiger partial charge in [-0.3, -0.25) is 9.59 Å². The molecule has 84 valence electrons. The van der Waals surface area contributed by atoms with Gasteiger partial charge in [0, 0.05) is 6.04 Å². The third-order valence-corrected chi connectivity index (χ3v) is 1.97. The van der Waals surface area contributed by atoms with E-state index in [9.17, 15) is 22.8 Å². The highest BCUT2D eigenvalue weighted by Gasteiger charge is 2.40. The highest BCUT2D eigenvalue weighted by Crippen LogP contribution is 2.20. The molecule has 0 aromatic rings. The van der Waals surface area contributed by atoms with Gasteiger partial charge in [0.15, 0.2) is 0 Å². The second kappa shape index (κ2) is 3.92. The molecular formula is C8H8F3NO3. The Hall–Kier alpha value is -1.53. The largest absolute Gasteiger partial charge is 0.481 e. The number of carboxylic acid groups (broad SMARTS) is 1. The van der Waals surface area contributed by atoms with Crippen molar-refractivity contribution < 1.29 is 27.9 Å². The fourth-order valence-corrected chi connectivity index (χ4v) is 1.24. The average molecular weight is 223 g/mol. The zero-order valence-electron chi connectivity index (χ0n) is 7.41. The van der Waals surface area contributed by atoms with Crippen molar-refractivity contribution in [3.8, 4) is 0 Å².